The van der Waals surface area contributed by atoms with E-state index in [1.165, 1.54) is 6.33 Å². The predicted molar refractivity (Wildman–Crippen MR) is 51.0 cm³/mol. The standard InChI is InChI=1S/C9H12N4O/c1-2-3-4-13-6-12-8-7(9(13)14)10-5-11-8/h5-6,14H,2-4H2,1H3. The molecule has 0 aromatic carbocycles. The highest BCUT2D eigenvalue weighted by Gasteiger charge is 2.14. The Labute approximate surface area is 81.8 Å². The van der Waals surface area contributed by atoms with Gasteiger partial charge in [-0.1, -0.05) is 13.3 Å². The molecule has 5 nitrogen and oxygen atoms in total. The van der Waals surface area contributed by atoms with Crippen LogP contribution in [-0.2, 0) is 6.54 Å². The van der Waals surface area contributed by atoms with Crippen LogP contribution in [0.25, 0.3) is 11.5 Å². The highest BCUT2D eigenvalue weighted by Crippen LogP contribution is 2.24. The zero-order chi connectivity index (χ0) is 9.97. The molecule has 14 heavy (non-hydrogen) atoms. The number of hydrogen-bond donors (Lipinski definition) is 1. The van der Waals surface area contributed by atoms with Crippen LogP contribution in [0, 0.1) is 0 Å². The molecule has 0 aromatic rings. The van der Waals surface area contributed by atoms with Crippen molar-refractivity contribution in [1.82, 2.24) is 19.5 Å². The highest BCUT2D eigenvalue weighted by molar-refractivity contribution is 5.56. The SMILES string of the molecule is CCCCn1cnc2ncnc-2c1O. The van der Waals surface area contributed by atoms with E-state index < -0.39 is 0 Å². The van der Waals surface area contributed by atoms with Crippen molar-refractivity contribution >= 4 is 0 Å². The second-order valence-corrected chi connectivity index (χ2v) is 3.16. The van der Waals surface area contributed by atoms with E-state index in [9.17, 15) is 5.11 Å². The highest BCUT2D eigenvalue weighted by atomic mass is 16.3. The summed E-state index contributed by atoms with van der Waals surface area (Å²) in [4.78, 5) is 11.9. The molecular weight excluding hydrogens is 180 g/mol. The molecule has 0 spiro atoms. The van der Waals surface area contributed by atoms with Crippen LogP contribution in [0.1, 0.15) is 19.8 Å². The second kappa shape index (κ2) is 3.61. The van der Waals surface area contributed by atoms with Crippen LogP contribution in [0.3, 0.4) is 0 Å². The van der Waals surface area contributed by atoms with E-state index in [0.717, 1.165) is 19.4 Å². The molecule has 2 rings (SSSR count). The fraction of sp³-hybridized carbons (Fsp3) is 0.444. The summed E-state index contributed by atoms with van der Waals surface area (Å²) in [6.45, 7) is 2.87. The number of fused-ring (bicyclic) bond motifs is 1. The normalized spacial score (nSPS) is 10.9. The predicted octanol–water partition coefficient (Wildman–Crippen LogP) is 1.28. The third-order valence-electron chi connectivity index (χ3n) is 2.13. The first-order valence-electron chi connectivity index (χ1n) is 4.67. The van der Waals surface area contributed by atoms with Crippen LogP contribution in [0.15, 0.2) is 12.7 Å². The third-order valence-corrected chi connectivity index (χ3v) is 2.13. The molecule has 2 aliphatic heterocycles. The maximum atomic E-state index is 9.79. The van der Waals surface area contributed by atoms with E-state index in [0.29, 0.717) is 11.5 Å². The van der Waals surface area contributed by atoms with Gasteiger partial charge in [0.05, 0.1) is 6.33 Å². The molecule has 0 amide bonds. The van der Waals surface area contributed by atoms with Gasteiger partial charge in [-0.2, -0.15) is 0 Å². The summed E-state index contributed by atoms with van der Waals surface area (Å²) in [5.74, 6) is 0.649. The number of aromatic nitrogens is 4. The summed E-state index contributed by atoms with van der Waals surface area (Å²) >= 11 is 0. The van der Waals surface area contributed by atoms with E-state index in [4.69, 9.17) is 0 Å². The van der Waals surface area contributed by atoms with E-state index in [1.54, 1.807) is 10.9 Å². The zero-order valence-corrected chi connectivity index (χ0v) is 8.01. The van der Waals surface area contributed by atoms with Crippen LogP contribution in [-0.4, -0.2) is 24.6 Å². The van der Waals surface area contributed by atoms with Crippen LogP contribution in [0.4, 0.5) is 0 Å². The first-order valence-corrected chi connectivity index (χ1v) is 4.67. The van der Waals surface area contributed by atoms with Crippen LogP contribution in [0.2, 0.25) is 0 Å². The molecule has 0 fully saturated rings. The summed E-state index contributed by atoms with van der Waals surface area (Å²) in [6.07, 6.45) is 5.10. The molecule has 0 aromatic heterocycles. The Morgan fingerprint density at radius 3 is 3.00 bits per heavy atom. The summed E-state index contributed by atoms with van der Waals surface area (Å²) < 4.78 is 1.69. The van der Waals surface area contributed by atoms with Gasteiger partial charge in [-0.15, -0.1) is 0 Å². The van der Waals surface area contributed by atoms with Gasteiger partial charge in [-0.25, -0.2) is 15.0 Å². The molecule has 0 bridgehead atoms. The van der Waals surface area contributed by atoms with Crippen molar-refractivity contribution in [2.75, 3.05) is 0 Å². The van der Waals surface area contributed by atoms with Gasteiger partial charge in [0.25, 0.3) is 0 Å². The minimum Gasteiger partial charge on any atom is -0.493 e. The van der Waals surface area contributed by atoms with Gasteiger partial charge in [0.15, 0.2) is 11.5 Å². The monoisotopic (exact) mass is 192 g/mol. The minimum atomic E-state index is 0.154. The quantitative estimate of drug-likeness (QED) is 0.795. The number of hydrogen-bond acceptors (Lipinski definition) is 4. The van der Waals surface area contributed by atoms with E-state index >= 15 is 0 Å². The van der Waals surface area contributed by atoms with Gasteiger partial charge in [0, 0.05) is 6.54 Å². The summed E-state index contributed by atoms with van der Waals surface area (Å²) in [5, 5.41) is 9.79. The molecule has 0 aliphatic carbocycles. The van der Waals surface area contributed by atoms with Crippen molar-refractivity contribution in [3.63, 3.8) is 0 Å². The summed E-state index contributed by atoms with van der Waals surface area (Å²) in [6, 6.07) is 0. The Morgan fingerprint density at radius 2 is 2.21 bits per heavy atom. The van der Waals surface area contributed by atoms with E-state index in [2.05, 4.69) is 21.9 Å². The maximum absolute atomic E-state index is 9.79. The average Bonchev–Trinajstić information content (AvgIpc) is 2.66. The van der Waals surface area contributed by atoms with Crippen molar-refractivity contribution in [2.45, 2.75) is 26.3 Å². The molecule has 0 saturated heterocycles. The fourth-order valence-corrected chi connectivity index (χ4v) is 1.32. The van der Waals surface area contributed by atoms with Crippen molar-refractivity contribution in [3.05, 3.63) is 12.7 Å². The molecule has 0 radical (unpaired) electrons. The largest absolute Gasteiger partial charge is 0.493 e. The number of unbranched alkanes of at least 4 members (excludes halogenated alkanes) is 1. The Balaban J connectivity index is 2.36. The van der Waals surface area contributed by atoms with Crippen LogP contribution >= 0.6 is 0 Å². The number of aryl methyl sites for hydroxylation is 1. The summed E-state index contributed by atoms with van der Waals surface area (Å²) in [7, 11) is 0. The fourth-order valence-electron chi connectivity index (χ4n) is 1.32. The van der Waals surface area contributed by atoms with Crippen molar-refractivity contribution in [3.8, 4) is 17.4 Å². The summed E-state index contributed by atoms with van der Waals surface area (Å²) in [5.41, 5.74) is 0.476. The number of rotatable bonds is 3. The lowest BCUT2D eigenvalue weighted by atomic mass is 10.3. The van der Waals surface area contributed by atoms with Gasteiger partial charge in [-0.05, 0) is 6.42 Å². The Hall–Kier alpha value is -1.65. The minimum absolute atomic E-state index is 0.154. The van der Waals surface area contributed by atoms with E-state index in [1.807, 2.05) is 0 Å². The van der Waals surface area contributed by atoms with Gasteiger partial charge < -0.3 is 9.67 Å². The second-order valence-electron chi connectivity index (χ2n) is 3.16. The lowest BCUT2D eigenvalue weighted by Crippen LogP contribution is -2.03. The molecule has 0 unspecified atom stereocenters. The Kier molecular flexibility index (Phi) is 2.30. The van der Waals surface area contributed by atoms with Crippen molar-refractivity contribution in [1.29, 1.82) is 0 Å². The van der Waals surface area contributed by atoms with Gasteiger partial charge >= 0.3 is 0 Å². The first-order chi connectivity index (χ1) is 6.83. The molecule has 74 valence electrons. The first kappa shape index (κ1) is 8.93. The number of imidazole rings is 1. The van der Waals surface area contributed by atoms with Crippen molar-refractivity contribution in [2.24, 2.45) is 0 Å². The Morgan fingerprint density at radius 1 is 1.36 bits per heavy atom. The van der Waals surface area contributed by atoms with Crippen molar-refractivity contribution < 1.29 is 5.11 Å². The topological polar surface area (TPSA) is 63.8 Å². The van der Waals surface area contributed by atoms with Gasteiger partial charge in [-0.3, -0.25) is 0 Å². The molecule has 0 saturated carbocycles. The number of nitrogens with zero attached hydrogens (tertiary/aromatic N) is 4. The zero-order valence-electron chi connectivity index (χ0n) is 8.01. The van der Waals surface area contributed by atoms with E-state index in [-0.39, 0.29) is 5.88 Å². The molecule has 1 N–H and O–H groups in total. The van der Waals surface area contributed by atoms with Crippen LogP contribution < -0.4 is 0 Å². The lowest BCUT2D eigenvalue weighted by Gasteiger charge is -2.09. The smallest absolute Gasteiger partial charge is 0.222 e. The number of aromatic hydroxyl groups is 1. The Bertz CT molecular complexity index is 398. The van der Waals surface area contributed by atoms with Crippen LogP contribution in [0.5, 0.6) is 5.88 Å². The molecule has 2 heterocycles. The van der Waals surface area contributed by atoms with Gasteiger partial charge in [0.2, 0.25) is 5.88 Å². The maximum Gasteiger partial charge on any atom is 0.222 e. The average molecular weight is 192 g/mol. The molecular formula is C9H12N4O. The third kappa shape index (κ3) is 1.41. The van der Waals surface area contributed by atoms with Gasteiger partial charge in [0.1, 0.15) is 6.33 Å². The molecule has 0 atom stereocenters. The molecule has 5 heteroatoms. The lowest BCUT2D eigenvalue weighted by molar-refractivity contribution is 0.403. The molecule has 2 aliphatic rings.